The summed E-state index contributed by atoms with van der Waals surface area (Å²) in [5.74, 6) is 0.420. The predicted octanol–water partition coefficient (Wildman–Crippen LogP) is 3.39. The Labute approximate surface area is 109 Å². The number of nitrogens with zero attached hydrogens (tertiary/aromatic N) is 3. The van der Waals surface area contributed by atoms with Crippen molar-refractivity contribution in [2.24, 2.45) is 0 Å². The Bertz CT molecular complexity index is 501. The van der Waals surface area contributed by atoms with E-state index in [1.165, 1.54) is 9.88 Å². The third-order valence-corrected chi connectivity index (χ3v) is 4.69. The lowest BCUT2D eigenvalue weighted by molar-refractivity contribution is 0.825. The Morgan fingerprint density at radius 1 is 1.24 bits per heavy atom. The van der Waals surface area contributed by atoms with Crippen LogP contribution >= 0.6 is 22.7 Å². The summed E-state index contributed by atoms with van der Waals surface area (Å²) in [6.07, 6.45) is 0.974. The second-order valence-electron chi connectivity index (χ2n) is 3.99. The number of aromatic nitrogens is 3. The number of nitrogens with one attached hydrogen (secondary N) is 1. The molecule has 2 heterocycles. The Morgan fingerprint density at radius 2 is 2.00 bits per heavy atom. The first-order valence-corrected chi connectivity index (χ1v) is 7.30. The predicted molar refractivity (Wildman–Crippen MR) is 74.0 cm³/mol. The van der Waals surface area contributed by atoms with Crippen LogP contribution in [0, 0.1) is 0 Å². The van der Waals surface area contributed by atoms with Crippen molar-refractivity contribution in [1.29, 1.82) is 0 Å². The van der Waals surface area contributed by atoms with Gasteiger partial charge in [0.2, 0.25) is 5.13 Å². The number of rotatable bonds is 4. The number of hydrogen-bond donors (Lipinski definition) is 1. The van der Waals surface area contributed by atoms with Gasteiger partial charge in [-0.25, -0.2) is 4.98 Å². The molecule has 0 radical (unpaired) electrons. The molecule has 2 aromatic rings. The van der Waals surface area contributed by atoms with Crippen molar-refractivity contribution in [3.8, 4) is 9.88 Å². The molecule has 0 aliphatic heterocycles. The van der Waals surface area contributed by atoms with Gasteiger partial charge in [0.05, 0.1) is 15.6 Å². The maximum absolute atomic E-state index is 4.68. The standard InChI is InChI=1S/C11H16N4S2/c1-5-7-13-8(6(2)3)9(16-7)10-14-15-11(12-4)17-10/h6H,5H2,1-4H3,(H,12,15). The van der Waals surface area contributed by atoms with E-state index in [9.17, 15) is 0 Å². The van der Waals surface area contributed by atoms with E-state index in [2.05, 4.69) is 41.3 Å². The Morgan fingerprint density at radius 3 is 2.53 bits per heavy atom. The largest absolute Gasteiger partial charge is 0.363 e. The van der Waals surface area contributed by atoms with Crippen LogP contribution in [0.25, 0.3) is 9.88 Å². The molecule has 0 spiro atoms. The zero-order valence-corrected chi connectivity index (χ0v) is 12.1. The quantitative estimate of drug-likeness (QED) is 0.923. The first-order valence-electron chi connectivity index (χ1n) is 5.66. The van der Waals surface area contributed by atoms with Crippen molar-refractivity contribution in [1.82, 2.24) is 15.2 Å². The third kappa shape index (κ3) is 2.47. The van der Waals surface area contributed by atoms with Gasteiger partial charge in [-0.15, -0.1) is 21.5 Å². The van der Waals surface area contributed by atoms with Crippen molar-refractivity contribution >= 4 is 27.8 Å². The SMILES string of the molecule is CCc1nc(C(C)C)c(-c2nnc(NC)s2)s1. The van der Waals surface area contributed by atoms with E-state index in [0.717, 1.165) is 22.3 Å². The van der Waals surface area contributed by atoms with Crippen LogP contribution in [-0.4, -0.2) is 22.2 Å². The summed E-state index contributed by atoms with van der Waals surface area (Å²) in [5.41, 5.74) is 1.14. The van der Waals surface area contributed by atoms with Gasteiger partial charge in [-0.3, -0.25) is 0 Å². The van der Waals surface area contributed by atoms with E-state index in [1.54, 1.807) is 22.7 Å². The van der Waals surface area contributed by atoms with E-state index < -0.39 is 0 Å². The topological polar surface area (TPSA) is 50.7 Å². The summed E-state index contributed by atoms with van der Waals surface area (Å²) in [4.78, 5) is 5.85. The van der Waals surface area contributed by atoms with Crippen molar-refractivity contribution in [3.05, 3.63) is 10.7 Å². The molecule has 0 aliphatic rings. The fourth-order valence-corrected chi connectivity index (χ4v) is 3.42. The van der Waals surface area contributed by atoms with Gasteiger partial charge in [0.1, 0.15) is 0 Å². The monoisotopic (exact) mass is 268 g/mol. The van der Waals surface area contributed by atoms with Crippen LogP contribution in [0.3, 0.4) is 0 Å². The fraction of sp³-hybridized carbons (Fsp3) is 0.545. The summed E-state index contributed by atoms with van der Waals surface area (Å²) in [6.45, 7) is 6.46. The number of aryl methyl sites for hydroxylation is 1. The second kappa shape index (κ2) is 5.10. The van der Waals surface area contributed by atoms with Crippen LogP contribution in [0.5, 0.6) is 0 Å². The molecule has 0 saturated heterocycles. The summed E-state index contributed by atoms with van der Waals surface area (Å²) in [5, 5.41) is 14.3. The Kier molecular flexibility index (Phi) is 3.73. The van der Waals surface area contributed by atoms with Crippen LogP contribution in [-0.2, 0) is 6.42 Å². The first kappa shape index (κ1) is 12.4. The molecule has 0 bridgehead atoms. The van der Waals surface area contributed by atoms with Gasteiger partial charge < -0.3 is 5.32 Å². The van der Waals surface area contributed by atoms with Crippen LogP contribution in [0.15, 0.2) is 0 Å². The van der Waals surface area contributed by atoms with E-state index in [-0.39, 0.29) is 0 Å². The number of thiazole rings is 1. The molecule has 2 rings (SSSR count). The van der Waals surface area contributed by atoms with Crippen LogP contribution < -0.4 is 5.32 Å². The second-order valence-corrected chi connectivity index (χ2v) is 6.05. The Balaban J connectivity index is 2.45. The average Bonchev–Trinajstić information content (AvgIpc) is 2.94. The lowest BCUT2D eigenvalue weighted by atomic mass is 10.1. The highest BCUT2D eigenvalue weighted by Crippen LogP contribution is 2.37. The molecule has 0 fully saturated rings. The zero-order valence-electron chi connectivity index (χ0n) is 10.4. The highest BCUT2D eigenvalue weighted by molar-refractivity contribution is 7.23. The molecule has 17 heavy (non-hydrogen) atoms. The molecule has 4 nitrogen and oxygen atoms in total. The summed E-state index contributed by atoms with van der Waals surface area (Å²) >= 11 is 3.31. The van der Waals surface area contributed by atoms with Crippen LogP contribution in [0.4, 0.5) is 5.13 Å². The minimum absolute atomic E-state index is 0.420. The van der Waals surface area contributed by atoms with Gasteiger partial charge in [-0.1, -0.05) is 32.1 Å². The van der Waals surface area contributed by atoms with Crippen LogP contribution in [0.1, 0.15) is 37.4 Å². The molecular weight excluding hydrogens is 252 g/mol. The molecule has 0 atom stereocenters. The minimum atomic E-state index is 0.420. The van der Waals surface area contributed by atoms with E-state index in [0.29, 0.717) is 5.92 Å². The molecule has 0 aliphatic carbocycles. The lowest BCUT2D eigenvalue weighted by Gasteiger charge is -2.01. The summed E-state index contributed by atoms with van der Waals surface area (Å²) in [6, 6.07) is 0. The fourth-order valence-electron chi connectivity index (χ4n) is 1.49. The van der Waals surface area contributed by atoms with Gasteiger partial charge in [-0.2, -0.15) is 0 Å². The zero-order chi connectivity index (χ0) is 12.4. The highest BCUT2D eigenvalue weighted by Gasteiger charge is 2.18. The molecule has 0 amide bonds. The molecular formula is C11H16N4S2. The van der Waals surface area contributed by atoms with Gasteiger partial charge in [-0.05, 0) is 12.3 Å². The number of hydrogen-bond acceptors (Lipinski definition) is 6. The van der Waals surface area contributed by atoms with E-state index in [1.807, 2.05) is 7.05 Å². The van der Waals surface area contributed by atoms with Gasteiger partial charge in [0.15, 0.2) is 5.01 Å². The average molecular weight is 268 g/mol. The van der Waals surface area contributed by atoms with Gasteiger partial charge >= 0.3 is 0 Å². The molecule has 0 aromatic carbocycles. The maximum Gasteiger partial charge on any atom is 0.205 e. The highest BCUT2D eigenvalue weighted by atomic mass is 32.1. The molecule has 92 valence electrons. The molecule has 6 heteroatoms. The molecule has 0 saturated carbocycles. The minimum Gasteiger partial charge on any atom is -0.363 e. The third-order valence-electron chi connectivity index (χ3n) is 2.38. The van der Waals surface area contributed by atoms with E-state index >= 15 is 0 Å². The molecule has 1 N–H and O–H groups in total. The summed E-state index contributed by atoms with van der Waals surface area (Å²) < 4.78 is 0. The first-order chi connectivity index (χ1) is 8.15. The van der Waals surface area contributed by atoms with Crippen molar-refractivity contribution < 1.29 is 0 Å². The smallest absolute Gasteiger partial charge is 0.205 e. The van der Waals surface area contributed by atoms with Gasteiger partial charge in [0.25, 0.3) is 0 Å². The Hall–Kier alpha value is -1.01. The van der Waals surface area contributed by atoms with Crippen molar-refractivity contribution in [2.75, 3.05) is 12.4 Å². The van der Waals surface area contributed by atoms with Crippen LogP contribution in [0.2, 0.25) is 0 Å². The molecule has 0 unspecified atom stereocenters. The summed E-state index contributed by atoms with van der Waals surface area (Å²) in [7, 11) is 1.86. The van der Waals surface area contributed by atoms with Crippen molar-refractivity contribution in [3.63, 3.8) is 0 Å². The number of anilines is 1. The van der Waals surface area contributed by atoms with E-state index in [4.69, 9.17) is 0 Å². The van der Waals surface area contributed by atoms with Crippen molar-refractivity contribution in [2.45, 2.75) is 33.1 Å². The maximum atomic E-state index is 4.68. The molecule has 2 aromatic heterocycles. The lowest BCUT2D eigenvalue weighted by Crippen LogP contribution is -1.91. The normalized spacial score (nSPS) is 11.1. The van der Waals surface area contributed by atoms with Gasteiger partial charge in [0, 0.05) is 7.05 Å².